The van der Waals surface area contributed by atoms with Gasteiger partial charge in [0.2, 0.25) is 0 Å². The third-order valence-electron chi connectivity index (χ3n) is 3.47. The molecule has 1 aliphatic heterocycles. The lowest BCUT2D eigenvalue weighted by Crippen LogP contribution is -2.44. The SMILES string of the molecule is CC(C)Oc1ccc(Cl)cc1C(=O)CCN1CCNCC1. The number of rotatable bonds is 6. The van der Waals surface area contributed by atoms with Crippen LogP contribution in [0.1, 0.15) is 30.6 Å². The molecule has 1 saturated heterocycles. The highest BCUT2D eigenvalue weighted by Gasteiger charge is 2.17. The fourth-order valence-electron chi connectivity index (χ4n) is 2.41. The van der Waals surface area contributed by atoms with Crippen molar-refractivity contribution >= 4 is 17.4 Å². The van der Waals surface area contributed by atoms with E-state index in [1.165, 1.54) is 0 Å². The predicted molar refractivity (Wildman–Crippen MR) is 85.5 cm³/mol. The van der Waals surface area contributed by atoms with E-state index in [9.17, 15) is 4.79 Å². The van der Waals surface area contributed by atoms with Gasteiger partial charge in [-0.05, 0) is 32.0 Å². The van der Waals surface area contributed by atoms with Gasteiger partial charge in [-0.2, -0.15) is 0 Å². The number of carbonyl (C=O) groups is 1. The Morgan fingerprint density at radius 2 is 2.10 bits per heavy atom. The zero-order valence-corrected chi connectivity index (χ0v) is 13.4. The molecule has 0 radical (unpaired) electrons. The highest BCUT2D eigenvalue weighted by molar-refractivity contribution is 6.31. The molecule has 0 atom stereocenters. The Bertz CT molecular complexity index is 485. The molecular weight excluding hydrogens is 288 g/mol. The van der Waals surface area contributed by atoms with Crippen LogP contribution in [0.4, 0.5) is 0 Å². The molecule has 0 spiro atoms. The Balaban J connectivity index is 2.01. The first kappa shape index (κ1) is 16.3. The summed E-state index contributed by atoms with van der Waals surface area (Å²) < 4.78 is 5.71. The average molecular weight is 311 g/mol. The predicted octanol–water partition coefficient (Wildman–Crippen LogP) is 2.61. The van der Waals surface area contributed by atoms with Crippen molar-refractivity contribution in [3.05, 3.63) is 28.8 Å². The summed E-state index contributed by atoms with van der Waals surface area (Å²) in [6.45, 7) is 8.66. The van der Waals surface area contributed by atoms with Crippen molar-refractivity contribution in [2.24, 2.45) is 0 Å². The minimum Gasteiger partial charge on any atom is -0.490 e. The van der Waals surface area contributed by atoms with Gasteiger partial charge in [-0.15, -0.1) is 0 Å². The molecule has 1 N–H and O–H groups in total. The number of piperazine rings is 1. The number of carbonyl (C=O) groups excluding carboxylic acids is 1. The van der Waals surface area contributed by atoms with Gasteiger partial charge in [0.15, 0.2) is 5.78 Å². The number of halogens is 1. The van der Waals surface area contributed by atoms with Crippen molar-refractivity contribution in [3.8, 4) is 5.75 Å². The van der Waals surface area contributed by atoms with E-state index >= 15 is 0 Å². The third-order valence-corrected chi connectivity index (χ3v) is 3.70. The van der Waals surface area contributed by atoms with Gasteiger partial charge in [-0.25, -0.2) is 0 Å². The van der Waals surface area contributed by atoms with Crippen LogP contribution in [0.2, 0.25) is 5.02 Å². The number of nitrogens with one attached hydrogen (secondary N) is 1. The summed E-state index contributed by atoms with van der Waals surface area (Å²) in [5.41, 5.74) is 0.589. The van der Waals surface area contributed by atoms with Crippen molar-refractivity contribution in [1.82, 2.24) is 10.2 Å². The molecule has 0 unspecified atom stereocenters. The van der Waals surface area contributed by atoms with Crippen LogP contribution in [0, 0.1) is 0 Å². The van der Waals surface area contributed by atoms with E-state index in [-0.39, 0.29) is 11.9 Å². The number of hydrogen-bond acceptors (Lipinski definition) is 4. The Hall–Kier alpha value is -1.10. The quantitative estimate of drug-likeness (QED) is 0.820. The van der Waals surface area contributed by atoms with Gasteiger partial charge >= 0.3 is 0 Å². The van der Waals surface area contributed by atoms with Gasteiger partial charge in [0.1, 0.15) is 5.75 Å². The van der Waals surface area contributed by atoms with E-state index in [2.05, 4.69) is 10.2 Å². The molecule has 21 heavy (non-hydrogen) atoms. The Kier molecular flexibility index (Phi) is 6.03. The van der Waals surface area contributed by atoms with Crippen LogP contribution in [0.3, 0.4) is 0 Å². The smallest absolute Gasteiger partial charge is 0.167 e. The first-order chi connectivity index (χ1) is 10.1. The molecule has 2 rings (SSSR count). The molecule has 1 aliphatic rings. The third kappa shape index (κ3) is 4.99. The lowest BCUT2D eigenvalue weighted by atomic mass is 10.1. The molecule has 0 bridgehead atoms. The molecule has 1 aromatic rings. The van der Waals surface area contributed by atoms with Gasteiger partial charge in [0.25, 0.3) is 0 Å². The van der Waals surface area contributed by atoms with Crippen molar-refractivity contribution in [2.45, 2.75) is 26.4 Å². The molecule has 1 aromatic carbocycles. The largest absolute Gasteiger partial charge is 0.490 e. The molecule has 0 amide bonds. The van der Waals surface area contributed by atoms with Crippen molar-refractivity contribution in [3.63, 3.8) is 0 Å². The van der Waals surface area contributed by atoms with Gasteiger partial charge in [-0.3, -0.25) is 4.79 Å². The number of ether oxygens (including phenoxy) is 1. The zero-order valence-electron chi connectivity index (χ0n) is 12.7. The lowest BCUT2D eigenvalue weighted by molar-refractivity contribution is 0.0955. The topological polar surface area (TPSA) is 41.6 Å². The number of benzene rings is 1. The molecule has 0 aromatic heterocycles. The number of nitrogens with zero attached hydrogens (tertiary/aromatic N) is 1. The van der Waals surface area contributed by atoms with E-state index in [0.29, 0.717) is 22.8 Å². The van der Waals surface area contributed by atoms with Crippen molar-refractivity contribution in [2.75, 3.05) is 32.7 Å². The van der Waals surface area contributed by atoms with E-state index in [1.807, 2.05) is 13.8 Å². The van der Waals surface area contributed by atoms with Crippen LogP contribution in [0.5, 0.6) is 5.75 Å². The summed E-state index contributed by atoms with van der Waals surface area (Å²) in [4.78, 5) is 14.8. The van der Waals surface area contributed by atoms with Gasteiger partial charge in [-0.1, -0.05) is 11.6 Å². The lowest BCUT2D eigenvalue weighted by Gasteiger charge is -2.26. The second-order valence-corrected chi connectivity index (χ2v) is 6.01. The van der Waals surface area contributed by atoms with E-state index in [1.54, 1.807) is 18.2 Å². The summed E-state index contributed by atoms with van der Waals surface area (Å²) in [5, 5.41) is 3.87. The first-order valence-electron chi connectivity index (χ1n) is 7.49. The fraction of sp³-hybridized carbons (Fsp3) is 0.562. The van der Waals surface area contributed by atoms with Gasteiger partial charge in [0, 0.05) is 44.2 Å². The monoisotopic (exact) mass is 310 g/mol. The molecule has 0 aliphatic carbocycles. The summed E-state index contributed by atoms with van der Waals surface area (Å²) >= 11 is 6.02. The minimum atomic E-state index is 0.0332. The normalized spacial score (nSPS) is 16.2. The standard InChI is InChI=1S/C16H23ClN2O2/c1-12(2)21-16-4-3-13(17)11-14(16)15(20)5-8-19-9-6-18-7-10-19/h3-4,11-12,18H,5-10H2,1-2H3. The number of ketones is 1. The van der Waals surface area contributed by atoms with Gasteiger partial charge in [0.05, 0.1) is 11.7 Å². The first-order valence-corrected chi connectivity index (χ1v) is 7.86. The Morgan fingerprint density at radius 1 is 1.38 bits per heavy atom. The van der Waals surface area contributed by atoms with Crippen molar-refractivity contribution in [1.29, 1.82) is 0 Å². The second-order valence-electron chi connectivity index (χ2n) is 5.57. The molecule has 0 saturated carbocycles. The maximum atomic E-state index is 12.5. The summed E-state index contributed by atoms with van der Waals surface area (Å²) in [7, 11) is 0. The van der Waals surface area contributed by atoms with Crippen LogP contribution in [-0.2, 0) is 0 Å². The highest BCUT2D eigenvalue weighted by Crippen LogP contribution is 2.25. The molecule has 1 fully saturated rings. The van der Waals surface area contributed by atoms with E-state index in [0.717, 1.165) is 32.7 Å². The summed E-state index contributed by atoms with van der Waals surface area (Å²) in [6.07, 6.45) is 0.528. The molecule has 116 valence electrons. The van der Waals surface area contributed by atoms with E-state index < -0.39 is 0 Å². The number of Topliss-reactive ketones (excluding diaryl/α,β-unsaturated/α-hetero) is 1. The summed E-state index contributed by atoms with van der Waals surface area (Å²) in [6, 6.07) is 5.24. The fourth-order valence-corrected chi connectivity index (χ4v) is 2.58. The van der Waals surface area contributed by atoms with E-state index in [4.69, 9.17) is 16.3 Å². The summed E-state index contributed by atoms with van der Waals surface area (Å²) in [5.74, 6) is 0.714. The molecule has 1 heterocycles. The van der Waals surface area contributed by atoms with Crippen LogP contribution >= 0.6 is 11.6 Å². The van der Waals surface area contributed by atoms with Crippen LogP contribution < -0.4 is 10.1 Å². The minimum absolute atomic E-state index is 0.0332. The van der Waals surface area contributed by atoms with Crippen LogP contribution in [0.15, 0.2) is 18.2 Å². The highest BCUT2D eigenvalue weighted by atomic mass is 35.5. The van der Waals surface area contributed by atoms with Gasteiger partial charge < -0.3 is 15.0 Å². The average Bonchev–Trinajstić information content (AvgIpc) is 2.47. The molecular formula is C16H23ClN2O2. The maximum absolute atomic E-state index is 12.5. The number of hydrogen-bond donors (Lipinski definition) is 1. The molecule has 4 nitrogen and oxygen atoms in total. The van der Waals surface area contributed by atoms with Crippen molar-refractivity contribution < 1.29 is 9.53 Å². The second kappa shape index (κ2) is 7.78. The maximum Gasteiger partial charge on any atom is 0.167 e. The Labute approximate surface area is 131 Å². The van der Waals surface area contributed by atoms with Crippen LogP contribution in [-0.4, -0.2) is 49.5 Å². The Morgan fingerprint density at radius 3 is 2.76 bits per heavy atom. The van der Waals surface area contributed by atoms with Crippen LogP contribution in [0.25, 0.3) is 0 Å². The zero-order chi connectivity index (χ0) is 15.2. The molecule has 5 heteroatoms.